The first kappa shape index (κ1) is 10.1. The summed E-state index contributed by atoms with van der Waals surface area (Å²) in [6.45, 7) is 3.26. The molecule has 1 heterocycles. The first-order valence-corrected chi connectivity index (χ1v) is 5.82. The van der Waals surface area contributed by atoms with Gasteiger partial charge in [-0.2, -0.15) is 0 Å². The van der Waals surface area contributed by atoms with Crippen LogP contribution >= 0.6 is 15.9 Å². The fraction of sp³-hybridized carbons (Fsp3) is 0.455. The Labute approximate surface area is 93.2 Å². The van der Waals surface area contributed by atoms with Gasteiger partial charge in [0.05, 0.1) is 0 Å². The first-order valence-electron chi connectivity index (χ1n) is 5.03. The molecule has 1 aromatic rings. The van der Waals surface area contributed by atoms with Crippen molar-refractivity contribution >= 4 is 15.9 Å². The number of halogens is 1. The molecule has 76 valence electrons. The number of benzene rings is 1. The molecule has 0 amide bonds. The Morgan fingerprint density at radius 3 is 2.64 bits per heavy atom. The van der Waals surface area contributed by atoms with Gasteiger partial charge in [-0.3, -0.25) is 0 Å². The quantitative estimate of drug-likeness (QED) is 0.837. The topological polar surface area (TPSA) is 24.1 Å². The van der Waals surface area contributed by atoms with Gasteiger partial charge in [-0.15, -0.1) is 0 Å². The summed E-state index contributed by atoms with van der Waals surface area (Å²) in [5.41, 5.74) is 1.40. The molecule has 14 heavy (non-hydrogen) atoms. The van der Waals surface area contributed by atoms with E-state index >= 15 is 0 Å². The molecule has 0 bridgehead atoms. The van der Waals surface area contributed by atoms with Crippen molar-refractivity contribution in [1.82, 2.24) is 10.6 Å². The largest absolute Gasteiger partial charge is 0.314 e. The summed E-state index contributed by atoms with van der Waals surface area (Å²) in [5.74, 6) is 0. The van der Waals surface area contributed by atoms with Crippen molar-refractivity contribution in [2.24, 2.45) is 0 Å². The molecule has 3 heteroatoms. The molecule has 0 unspecified atom stereocenters. The first-order chi connectivity index (χ1) is 6.84. The summed E-state index contributed by atoms with van der Waals surface area (Å²) in [6.07, 6.45) is 1.11. The van der Waals surface area contributed by atoms with E-state index in [1.54, 1.807) is 0 Å². The van der Waals surface area contributed by atoms with Crippen molar-refractivity contribution in [3.63, 3.8) is 0 Å². The van der Waals surface area contributed by atoms with Crippen LogP contribution in [0.2, 0.25) is 0 Å². The zero-order valence-corrected chi connectivity index (χ0v) is 9.68. The van der Waals surface area contributed by atoms with Crippen molar-refractivity contribution in [3.8, 4) is 0 Å². The minimum Gasteiger partial charge on any atom is -0.314 e. The Kier molecular flexibility index (Phi) is 3.56. The van der Waals surface area contributed by atoms with Crippen LogP contribution < -0.4 is 10.6 Å². The van der Waals surface area contributed by atoms with E-state index < -0.39 is 0 Å². The van der Waals surface area contributed by atoms with Crippen LogP contribution in [0.1, 0.15) is 5.56 Å². The summed E-state index contributed by atoms with van der Waals surface area (Å²) >= 11 is 3.44. The van der Waals surface area contributed by atoms with Gasteiger partial charge in [0.1, 0.15) is 0 Å². The highest BCUT2D eigenvalue weighted by Crippen LogP contribution is 2.12. The zero-order valence-electron chi connectivity index (χ0n) is 8.09. The molecule has 1 fully saturated rings. The molecule has 2 rings (SSSR count). The van der Waals surface area contributed by atoms with Gasteiger partial charge < -0.3 is 10.6 Å². The molecule has 1 saturated heterocycles. The second kappa shape index (κ2) is 4.91. The number of hydrogen-bond donors (Lipinski definition) is 2. The lowest BCUT2D eigenvalue weighted by molar-refractivity contribution is 0.416. The predicted molar refractivity (Wildman–Crippen MR) is 62.5 cm³/mol. The van der Waals surface area contributed by atoms with E-state index in [1.165, 1.54) is 5.56 Å². The molecule has 0 spiro atoms. The molecule has 2 nitrogen and oxygen atoms in total. The molecule has 1 aliphatic heterocycles. The van der Waals surface area contributed by atoms with Crippen molar-refractivity contribution in [2.75, 3.05) is 19.6 Å². The molecule has 1 aromatic carbocycles. The van der Waals surface area contributed by atoms with Crippen molar-refractivity contribution in [2.45, 2.75) is 12.5 Å². The van der Waals surface area contributed by atoms with Gasteiger partial charge in [-0.25, -0.2) is 0 Å². The van der Waals surface area contributed by atoms with E-state index in [-0.39, 0.29) is 0 Å². The number of hydrogen-bond acceptors (Lipinski definition) is 2. The van der Waals surface area contributed by atoms with Crippen LogP contribution in [0.5, 0.6) is 0 Å². The van der Waals surface area contributed by atoms with Crippen molar-refractivity contribution in [1.29, 1.82) is 0 Å². The fourth-order valence-corrected chi connectivity index (χ4v) is 2.03. The van der Waals surface area contributed by atoms with Crippen LogP contribution in [-0.2, 0) is 6.42 Å². The number of nitrogens with one attached hydrogen (secondary N) is 2. The Balaban J connectivity index is 1.92. The van der Waals surface area contributed by atoms with Gasteiger partial charge in [0, 0.05) is 30.1 Å². The SMILES string of the molecule is Brc1ccc(C[C@H]2CNCCN2)cc1. The van der Waals surface area contributed by atoms with Crippen LogP contribution in [0.25, 0.3) is 0 Å². The standard InChI is InChI=1S/C11H15BrN2/c12-10-3-1-9(2-4-10)7-11-8-13-5-6-14-11/h1-4,11,13-14H,5-8H2/t11-/m0/s1. The lowest BCUT2D eigenvalue weighted by Gasteiger charge is -2.24. The summed E-state index contributed by atoms with van der Waals surface area (Å²) in [5, 5.41) is 6.90. The summed E-state index contributed by atoms with van der Waals surface area (Å²) in [7, 11) is 0. The Bertz CT molecular complexity index is 278. The van der Waals surface area contributed by atoms with Gasteiger partial charge >= 0.3 is 0 Å². The maximum absolute atomic E-state index is 3.51. The van der Waals surface area contributed by atoms with E-state index in [0.29, 0.717) is 6.04 Å². The third-order valence-electron chi connectivity index (χ3n) is 2.52. The van der Waals surface area contributed by atoms with Gasteiger partial charge in [0.2, 0.25) is 0 Å². The van der Waals surface area contributed by atoms with Gasteiger partial charge in [-0.1, -0.05) is 28.1 Å². The highest BCUT2D eigenvalue weighted by molar-refractivity contribution is 9.10. The zero-order chi connectivity index (χ0) is 9.80. The average Bonchev–Trinajstić information content (AvgIpc) is 2.23. The van der Waals surface area contributed by atoms with Crippen molar-refractivity contribution < 1.29 is 0 Å². The summed E-state index contributed by atoms with van der Waals surface area (Å²) < 4.78 is 1.15. The van der Waals surface area contributed by atoms with E-state index in [0.717, 1.165) is 30.5 Å². The van der Waals surface area contributed by atoms with E-state index in [9.17, 15) is 0 Å². The molecule has 0 aromatic heterocycles. The van der Waals surface area contributed by atoms with Crippen LogP contribution in [0.15, 0.2) is 28.7 Å². The summed E-state index contributed by atoms with van der Waals surface area (Å²) in [6, 6.07) is 9.16. The van der Waals surface area contributed by atoms with E-state index in [1.807, 2.05) is 0 Å². The van der Waals surface area contributed by atoms with Gasteiger partial charge in [0.25, 0.3) is 0 Å². The molecular weight excluding hydrogens is 240 g/mol. The molecule has 1 aliphatic rings. The molecule has 0 radical (unpaired) electrons. The Morgan fingerprint density at radius 1 is 1.21 bits per heavy atom. The lowest BCUT2D eigenvalue weighted by atomic mass is 10.1. The average molecular weight is 255 g/mol. The van der Waals surface area contributed by atoms with Crippen LogP contribution in [0.3, 0.4) is 0 Å². The minimum absolute atomic E-state index is 0.588. The Hall–Kier alpha value is -0.380. The van der Waals surface area contributed by atoms with E-state index in [2.05, 4.69) is 50.8 Å². The number of rotatable bonds is 2. The van der Waals surface area contributed by atoms with Crippen LogP contribution in [0, 0.1) is 0 Å². The monoisotopic (exact) mass is 254 g/mol. The van der Waals surface area contributed by atoms with Gasteiger partial charge in [0.15, 0.2) is 0 Å². The van der Waals surface area contributed by atoms with Gasteiger partial charge in [-0.05, 0) is 24.1 Å². The molecule has 2 N–H and O–H groups in total. The third-order valence-corrected chi connectivity index (χ3v) is 3.05. The smallest absolute Gasteiger partial charge is 0.0233 e. The second-order valence-corrected chi connectivity index (χ2v) is 4.60. The highest BCUT2D eigenvalue weighted by Gasteiger charge is 2.11. The lowest BCUT2D eigenvalue weighted by Crippen LogP contribution is -2.49. The molecule has 0 aliphatic carbocycles. The maximum Gasteiger partial charge on any atom is 0.0233 e. The molecular formula is C11H15BrN2. The maximum atomic E-state index is 3.51. The normalized spacial score (nSPS) is 22.2. The Morgan fingerprint density at radius 2 is 2.00 bits per heavy atom. The molecule has 1 atom stereocenters. The second-order valence-electron chi connectivity index (χ2n) is 3.69. The van der Waals surface area contributed by atoms with Crippen molar-refractivity contribution in [3.05, 3.63) is 34.3 Å². The third kappa shape index (κ3) is 2.80. The van der Waals surface area contributed by atoms with Crippen LogP contribution in [0.4, 0.5) is 0 Å². The van der Waals surface area contributed by atoms with E-state index in [4.69, 9.17) is 0 Å². The summed E-state index contributed by atoms with van der Waals surface area (Å²) in [4.78, 5) is 0. The fourth-order valence-electron chi connectivity index (χ4n) is 1.76. The molecule has 0 saturated carbocycles. The number of piperazine rings is 1. The van der Waals surface area contributed by atoms with Crippen LogP contribution in [-0.4, -0.2) is 25.7 Å². The minimum atomic E-state index is 0.588. The highest BCUT2D eigenvalue weighted by atomic mass is 79.9. The predicted octanol–water partition coefficient (Wildman–Crippen LogP) is 1.55.